The SMILES string of the molecule is CC1(c2cccc(Br)c2)NC(=O)N(CC(=O)Nc2cccc(Cl)c2)C1=O. The van der Waals surface area contributed by atoms with E-state index in [-0.39, 0.29) is 6.54 Å². The summed E-state index contributed by atoms with van der Waals surface area (Å²) < 4.78 is 0.787. The Labute approximate surface area is 163 Å². The molecule has 0 aliphatic carbocycles. The summed E-state index contributed by atoms with van der Waals surface area (Å²) in [4.78, 5) is 38.2. The summed E-state index contributed by atoms with van der Waals surface area (Å²) in [5.41, 5.74) is -0.107. The fourth-order valence-electron chi connectivity index (χ4n) is 2.75. The van der Waals surface area contributed by atoms with E-state index in [4.69, 9.17) is 11.6 Å². The van der Waals surface area contributed by atoms with Crippen molar-refractivity contribution in [1.29, 1.82) is 0 Å². The number of nitrogens with one attached hydrogen (secondary N) is 2. The molecule has 134 valence electrons. The molecule has 8 heteroatoms. The molecule has 1 aliphatic heterocycles. The van der Waals surface area contributed by atoms with Gasteiger partial charge in [-0.3, -0.25) is 14.5 Å². The van der Waals surface area contributed by atoms with Gasteiger partial charge in [-0.15, -0.1) is 0 Å². The molecule has 0 spiro atoms. The van der Waals surface area contributed by atoms with E-state index in [1.54, 1.807) is 49.4 Å². The molecule has 0 radical (unpaired) electrons. The lowest BCUT2D eigenvalue weighted by Gasteiger charge is -2.22. The first-order chi connectivity index (χ1) is 12.3. The average molecular weight is 437 g/mol. The highest BCUT2D eigenvalue weighted by Crippen LogP contribution is 2.30. The van der Waals surface area contributed by atoms with Crippen molar-refractivity contribution in [3.63, 3.8) is 0 Å². The largest absolute Gasteiger partial charge is 0.325 e. The molecule has 1 saturated heterocycles. The monoisotopic (exact) mass is 435 g/mol. The van der Waals surface area contributed by atoms with Gasteiger partial charge >= 0.3 is 6.03 Å². The van der Waals surface area contributed by atoms with Gasteiger partial charge in [-0.25, -0.2) is 4.79 Å². The number of benzene rings is 2. The van der Waals surface area contributed by atoms with Gasteiger partial charge in [-0.05, 0) is 42.8 Å². The topological polar surface area (TPSA) is 78.5 Å². The van der Waals surface area contributed by atoms with Crippen molar-refractivity contribution in [3.05, 3.63) is 63.6 Å². The number of nitrogens with zero attached hydrogens (tertiary/aromatic N) is 1. The van der Waals surface area contributed by atoms with Gasteiger partial charge in [0.1, 0.15) is 12.1 Å². The molecule has 3 rings (SSSR count). The Bertz CT molecular complexity index is 905. The Morgan fingerprint density at radius 3 is 2.65 bits per heavy atom. The highest BCUT2D eigenvalue weighted by atomic mass is 79.9. The lowest BCUT2D eigenvalue weighted by molar-refractivity contribution is -0.133. The predicted octanol–water partition coefficient (Wildman–Crippen LogP) is 3.51. The molecule has 1 atom stereocenters. The fraction of sp³-hybridized carbons (Fsp3) is 0.167. The van der Waals surface area contributed by atoms with Crippen LogP contribution in [0.2, 0.25) is 5.02 Å². The number of hydrogen-bond donors (Lipinski definition) is 2. The van der Waals surface area contributed by atoms with Crippen LogP contribution in [0.4, 0.5) is 10.5 Å². The van der Waals surface area contributed by atoms with Crippen LogP contribution >= 0.6 is 27.5 Å². The van der Waals surface area contributed by atoms with Crippen molar-refractivity contribution in [3.8, 4) is 0 Å². The Balaban J connectivity index is 1.76. The van der Waals surface area contributed by atoms with Crippen LogP contribution in [0.3, 0.4) is 0 Å². The lowest BCUT2D eigenvalue weighted by Crippen LogP contribution is -2.42. The quantitative estimate of drug-likeness (QED) is 0.720. The second kappa shape index (κ2) is 7.09. The van der Waals surface area contributed by atoms with E-state index in [0.717, 1.165) is 9.37 Å². The molecule has 2 aromatic rings. The van der Waals surface area contributed by atoms with Crippen molar-refractivity contribution in [1.82, 2.24) is 10.2 Å². The Hall–Kier alpha value is -2.38. The maximum atomic E-state index is 12.8. The van der Waals surface area contributed by atoms with Gasteiger partial charge in [0.2, 0.25) is 5.91 Å². The van der Waals surface area contributed by atoms with Crippen LogP contribution in [0, 0.1) is 0 Å². The zero-order valence-corrected chi connectivity index (χ0v) is 16.1. The third-order valence-corrected chi connectivity index (χ3v) is 4.82. The van der Waals surface area contributed by atoms with Gasteiger partial charge < -0.3 is 10.6 Å². The molecular formula is C18H15BrClN3O3. The Morgan fingerprint density at radius 2 is 1.96 bits per heavy atom. The van der Waals surface area contributed by atoms with E-state index in [9.17, 15) is 14.4 Å². The number of hydrogen-bond acceptors (Lipinski definition) is 3. The third-order valence-electron chi connectivity index (χ3n) is 4.09. The zero-order chi connectivity index (χ0) is 18.9. The molecule has 1 fully saturated rings. The van der Waals surface area contributed by atoms with Crippen molar-refractivity contribution < 1.29 is 14.4 Å². The summed E-state index contributed by atoms with van der Waals surface area (Å²) in [7, 11) is 0. The molecule has 1 heterocycles. The van der Waals surface area contributed by atoms with Crippen LogP contribution in [0.15, 0.2) is 53.0 Å². The lowest BCUT2D eigenvalue weighted by atomic mass is 9.92. The maximum absolute atomic E-state index is 12.8. The Morgan fingerprint density at radius 1 is 1.23 bits per heavy atom. The fourth-order valence-corrected chi connectivity index (χ4v) is 3.34. The maximum Gasteiger partial charge on any atom is 0.325 e. The second-order valence-electron chi connectivity index (χ2n) is 6.02. The van der Waals surface area contributed by atoms with Gasteiger partial charge in [-0.1, -0.05) is 45.7 Å². The minimum atomic E-state index is -1.23. The van der Waals surface area contributed by atoms with Crippen molar-refractivity contribution in [2.75, 3.05) is 11.9 Å². The van der Waals surface area contributed by atoms with Gasteiger partial charge in [0, 0.05) is 15.2 Å². The normalized spacial score (nSPS) is 19.4. The number of anilines is 1. The molecule has 2 N–H and O–H groups in total. The van der Waals surface area contributed by atoms with Crippen LogP contribution in [-0.4, -0.2) is 29.3 Å². The van der Waals surface area contributed by atoms with E-state index in [0.29, 0.717) is 16.3 Å². The van der Waals surface area contributed by atoms with Crippen LogP contribution < -0.4 is 10.6 Å². The molecule has 0 saturated carbocycles. The smallest absolute Gasteiger partial charge is 0.324 e. The number of carbonyl (C=O) groups excluding carboxylic acids is 3. The second-order valence-corrected chi connectivity index (χ2v) is 7.37. The van der Waals surface area contributed by atoms with Crippen molar-refractivity contribution in [2.24, 2.45) is 0 Å². The highest BCUT2D eigenvalue weighted by molar-refractivity contribution is 9.10. The first-order valence-electron chi connectivity index (χ1n) is 7.75. The molecule has 0 bridgehead atoms. The van der Waals surface area contributed by atoms with E-state index in [2.05, 4.69) is 26.6 Å². The number of imide groups is 1. The van der Waals surface area contributed by atoms with Crippen molar-refractivity contribution in [2.45, 2.75) is 12.5 Å². The molecule has 0 aromatic heterocycles. The standard InChI is InChI=1S/C18H15BrClN3O3/c1-18(11-4-2-5-12(19)8-11)16(25)23(17(26)22-18)10-15(24)21-14-7-3-6-13(20)9-14/h2-9H,10H2,1H3,(H,21,24)(H,22,26). The first-order valence-corrected chi connectivity index (χ1v) is 8.92. The predicted molar refractivity (Wildman–Crippen MR) is 102 cm³/mol. The molecule has 4 amide bonds. The first kappa shape index (κ1) is 18.4. The minimum absolute atomic E-state index is 0.388. The van der Waals surface area contributed by atoms with Crippen molar-refractivity contribution >= 4 is 51.1 Å². The van der Waals surface area contributed by atoms with Gasteiger partial charge in [0.05, 0.1) is 0 Å². The molecule has 26 heavy (non-hydrogen) atoms. The number of rotatable bonds is 4. The summed E-state index contributed by atoms with van der Waals surface area (Å²) in [6.07, 6.45) is 0. The summed E-state index contributed by atoms with van der Waals surface area (Å²) in [5.74, 6) is -0.976. The minimum Gasteiger partial charge on any atom is -0.324 e. The molecule has 6 nitrogen and oxygen atoms in total. The summed E-state index contributed by atoms with van der Waals surface area (Å²) in [5, 5.41) is 5.76. The summed E-state index contributed by atoms with van der Waals surface area (Å²) >= 11 is 9.23. The van der Waals surface area contributed by atoms with E-state index in [1.165, 1.54) is 0 Å². The highest BCUT2D eigenvalue weighted by Gasteiger charge is 2.49. The summed E-state index contributed by atoms with van der Waals surface area (Å²) in [6, 6.07) is 13.1. The van der Waals surface area contributed by atoms with Crippen LogP contribution in [-0.2, 0) is 15.1 Å². The number of amides is 4. The van der Waals surface area contributed by atoms with Gasteiger partial charge in [0.25, 0.3) is 5.91 Å². The third kappa shape index (κ3) is 3.59. The molecule has 2 aromatic carbocycles. The summed E-state index contributed by atoms with van der Waals surface area (Å²) in [6.45, 7) is 1.23. The zero-order valence-electron chi connectivity index (χ0n) is 13.8. The molecule has 1 aliphatic rings. The van der Waals surface area contributed by atoms with Crippen LogP contribution in [0.25, 0.3) is 0 Å². The van der Waals surface area contributed by atoms with E-state index >= 15 is 0 Å². The average Bonchev–Trinajstić information content (AvgIpc) is 2.79. The van der Waals surface area contributed by atoms with E-state index in [1.807, 2.05) is 6.07 Å². The molecular weight excluding hydrogens is 422 g/mol. The Kier molecular flexibility index (Phi) is 5.02. The van der Waals surface area contributed by atoms with Gasteiger partial charge in [0.15, 0.2) is 0 Å². The number of urea groups is 1. The number of carbonyl (C=O) groups is 3. The number of halogens is 2. The van der Waals surface area contributed by atoms with Crippen LogP contribution in [0.1, 0.15) is 12.5 Å². The van der Waals surface area contributed by atoms with Crippen LogP contribution in [0.5, 0.6) is 0 Å². The molecule has 1 unspecified atom stereocenters. The van der Waals surface area contributed by atoms with Gasteiger partial charge in [-0.2, -0.15) is 0 Å². The van der Waals surface area contributed by atoms with E-state index < -0.39 is 23.4 Å².